The second-order valence-electron chi connectivity index (χ2n) is 8.98. The molecule has 3 aromatic rings. The number of benzene rings is 2. The quantitative estimate of drug-likeness (QED) is 0.302. The molecule has 7 heteroatoms. The summed E-state index contributed by atoms with van der Waals surface area (Å²) in [6.45, 7) is 12.1. The van der Waals surface area contributed by atoms with E-state index in [1.54, 1.807) is 0 Å². The average molecular weight is 566 g/mol. The molecule has 2 nitrogen and oxygen atoms in total. The minimum absolute atomic E-state index is 0. The van der Waals surface area contributed by atoms with E-state index in [0.717, 1.165) is 18.8 Å². The van der Waals surface area contributed by atoms with Gasteiger partial charge in [-0.3, -0.25) is 0 Å². The second kappa shape index (κ2) is 9.36. The number of hydrogen-bond donors (Lipinski definition) is 0. The van der Waals surface area contributed by atoms with Gasteiger partial charge in [0.1, 0.15) is 0 Å². The Balaban J connectivity index is 0.00000114. The van der Waals surface area contributed by atoms with E-state index in [1.165, 1.54) is 43.1 Å². The SMILES string of the molecule is CCO[Si]1(C)c2c(C3=CC=CC3)c(O[Si](C)(C)C)c3c([cH-]c4ccccc43)c21.[Cl-].[Cl-].[Zr+3]. The third-order valence-corrected chi connectivity index (χ3v) is 10.2. The first kappa shape index (κ1) is 26.7. The van der Waals surface area contributed by atoms with Crippen LogP contribution in [0.25, 0.3) is 27.1 Å². The number of halogens is 2. The molecule has 161 valence electrons. The topological polar surface area (TPSA) is 18.5 Å². The Bertz CT molecular complexity index is 1190. The van der Waals surface area contributed by atoms with Crippen LogP contribution in [0, 0.1) is 0 Å². The Labute approximate surface area is 218 Å². The van der Waals surface area contributed by atoms with Gasteiger partial charge in [-0.05, 0) is 45.1 Å². The third-order valence-electron chi connectivity index (χ3n) is 5.85. The molecule has 1 aliphatic carbocycles. The van der Waals surface area contributed by atoms with Crippen LogP contribution in [0.2, 0.25) is 26.2 Å². The van der Waals surface area contributed by atoms with E-state index in [4.69, 9.17) is 8.85 Å². The van der Waals surface area contributed by atoms with E-state index in [1.807, 2.05) is 0 Å². The van der Waals surface area contributed by atoms with E-state index >= 15 is 0 Å². The molecule has 0 bridgehead atoms. The van der Waals surface area contributed by atoms with Gasteiger partial charge in [0, 0.05) is 12.2 Å². The van der Waals surface area contributed by atoms with E-state index in [2.05, 4.69) is 81.7 Å². The Kier molecular flexibility index (Phi) is 8.06. The summed E-state index contributed by atoms with van der Waals surface area (Å²) in [5.74, 6) is 1.11. The summed E-state index contributed by atoms with van der Waals surface area (Å²) in [4.78, 5) is 0. The van der Waals surface area contributed by atoms with Crippen LogP contribution < -0.4 is 39.6 Å². The molecule has 0 saturated heterocycles. The van der Waals surface area contributed by atoms with Gasteiger partial charge in [0.05, 0.1) is 5.75 Å². The van der Waals surface area contributed by atoms with Crippen LogP contribution in [-0.4, -0.2) is 23.2 Å². The molecular formula is C24H27Cl2O2Si2Zr. The maximum atomic E-state index is 6.85. The maximum Gasteiger partial charge on any atom is 3.00 e. The number of fused-ring (bicyclic) bond motifs is 5. The van der Waals surface area contributed by atoms with Gasteiger partial charge in [-0.25, -0.2) is 0 Å². The van der Waals surface area contributed by atoms with Gasteiger partial charge in [0.25, 0.3) is 0 Å². The van der Waals surface area contributed by atoms with Gasteiger partial charge in [0.2, 0.25) is 16.6 Å². The molecule has 0 fully saturated rings. The summed E-state index contributed by atoms with van der Waals surface area (Å²) in [6, 6.07) is 11.1. The van der Waals surface area contributed by atoms with Crippen molar-refractivity contribution in [3.8, 4) is 5.75 Å². The van der Waals surface area contributed by atoms with Crippen LogP contribution in [0.4, 0.5) is 0 Å². The van der Waals surface area contributed by atoms with Crippen molar-refractivity contribution in [3.63, 3.8) is 0 Å². The summed E-state index contributed by atoms with van der Waals surface area (Å²) >= 11 is 0. The van der Waals surface area contributed by atoms with Gasteiger partial charge in [-0.1, -0.05) is 52.2 Å². The average Bonchev–Trinajstić information content (AvgIpc) is 3.02. The smallest absolute Gasteiger partial charge is 1.00 e. The Morgan fingerprint density at radius 3 is 2.42 bits per heavy atom. The predicted octanol–water partition coefficient (Wildman–Crippen LogP) is -0.686. The molecule has 0 aromatic heterocycles. The second-order valence-corrected chi connectivity index (χ2v) is 16.8. The first-order valence-corrected chi connectivity index (χ1v) is 16.0. The largest absolute Gasteiger partial charge is 3.00 e. The molecular weight excluding hydrogens is 539 g/mol. The molecule has 31 heavy (non-hydrogen) atoms. The van der Waals surface area contributed by atoms with Crippen molar-refractivity contribution >= 4 is 54.1 Å². The minimum Gasteiger partial charge on any atom is -1.00 e. The fourth-order valence-corrected chi connectivity index (χ4v) is 9.45. The Hall–Kier alpha value is -0.553. The summed E-state index contributed by atoms with van der Waals surface area (Å²) in [7, 11) is -3.82. The molecule has 5 rings (SSSR count). The van der Waals surface area contributed by atoms with Crippen LogP contribution in [-0.2, 0) is 30.6 Å². The normalized spacial score (nSPS) is 18.7. The number of allylic oxidation sites excluding steroid dienone is 4. The van der Waals surface area contributed by atoms with Crippen LogP contribution in [0.3, 0.4) is 0 Å². The molecule has 3 aromatic carbocycles. The zero-order valence-electron chi connectivity index (χ0n) is 18.6. The van der Waals surface area contributed by atoms with Crippen molar-refractivity contribution in [3.05, 3.63) is 54.1 Å². The first-order valence-electron chi connectivity index (χ1n) is 10.2. The standard InChI is InChI=1S/C24H27O2Si2.2ClH.Zr/c1-6-25-28(5)23-19-15-17-13-9-10-14-18(17)21(19)22(26-27(2,3)4)20(24(23)28)16-11-7-8-12-16;;;/h7-11,13-15H,6,12H2,1-5H3;2*1H;/q-1;;;+3/p-2. The summed E-state index contributed by atoms with van der Waals surface area (Å²) in [6.07, 6.45) is 7.67. The first-order chi connectivity index (χ1) is 13.3. The fourth-order valence-electron chi connectivity index (χ4n) is 4.80. The third kappa shape index (κ3) is 4.23. The van der Waals surface area contributed by atoms with Crippen molar-refractivity contribution in [2.75, 3.05) is 6.61 Å². The van der Waals surface area contributed by atoms with Crippen LogP contribution in [0.5, 0.6) is 5.75 Å². The fraction of sp³-hybridized carbons (Fsp3) is 0.292. The molecule has 0 N–H and O–H groups in total. The molecule has 1 atom stereocenters. The Morgan fingerprint density at radius 2 is 1.81 bits per heavy atom. The predicted molar refractivity (Wildman–Crippen MR) is 125 cm³/mol. The van der Waals surface area contributed by atoms with Gasteiger partial charge < -0.3 is 33.7 Å². The molecule has 1 unspecified atom stereocenters. The van der Waals surface area contributed by atoms with Crippen molar-refractivity contribution in [1.29, 1.82) is 0 Å². The van der Waals surface area contributed by atoms with Crippen LogP contribution in [0.1, 0.15) is 18.9 Å². The van der Waals surface area contributed by atoms with Crippen molar-refractivity contribution in [2.24, 2.45) is 0 Å². The van der Waals surface area contributed by atoms with Gasteiger partial charge in [-0.15, -0.1) is 28.3 Å². The Morgan fingerprint density at radius 1 is 1.10 bits per heavy atom. The van der Waals surface area contributed by atoms with E-state index in [-0.39, 0.29) is 51.0 Å². The van der Waals surface area contributed by atoms with Gasteiger partial charge in [-0.2, -0.15) is 0 Å². The van der Waals surface area contributed by atoms with E-state index < -0.39 is 16.6 Å². The van der Waals surface area contributed by atoms with Crippen molar-refractivity contribution < 1.29 is 59.9 Å². The number of hydrogen-bond acceptors (Lipinski definition) is 2. The summed E-state index contributed by atoms with van der Waals surface area (Å²) in [5.41, 5.74) is 2.72. The van der Waals surface area contributed by atoms with Gasteiger partial charge in [0.15, 0.2) is 0 Å². The van der Waals surface area contributed by atoms with Gasteiger partial charge >= 0.3 is 26.2 Å². The summed E-state index contributed by atoms with van der Waals surface area (Å²) in [5, 5.41) is 8.24. The molecule has 0 spiro atoms. The van der Waals surface area contributed by atoms with Crippen molar-refractivity contribution in [2.45, 2.75) is 39.5 Å². The van der Waals surface area contributed by atoms with Crippen LogP contribution >= 0.6 is 0 Å². The molecule has 2 aliphatic rings. The molecule has 1 radical (unpaired) electrons. The maximum absolute atomic E-state index is 6.85. The number of rotatable bonds is 5. The zero-order chi connectivity index (χ0) is 19.7. The van der Waals surface area contributed by atoms with E-state index in [0.29, 0.717) is 0 Å². The molecule has 1 aliphatic heterocycles. The molecule has 1 heterocycles. The van der Waals surface area contributed by atoms with Crippen molar-refractivity contribution in [1.82, 2.24) is 0 Å². The molecule has 0 saturated carbocycles. The zero-order valence-corrected chi connectivity index (χ0v) is 24.6. The summed E-state index contributed by atoms with van der Waals surface area (Å²) < 4.78 is 13.3. The van der Waals surface area contributed by atoms with Crippen LogP contribution in [0.15, 0.2) is 48.6 Å². The molecule has 0 amide bonds. The van der Waals surface area contributed by atoms with E-state index in [9.17, 15) is 0 Å². The minimum atomic E-state index is -2.02. The monoisotopic (exact) mass is 563 g/mol.